The number of nitrogens with zero attached hydrogens (tertiary/aromatic N) is 3. The number of hydrogen-bond acceptors (Lipinski definition) is 5. The van der Waals surface area contributed by atoms with E-state index in [2.05, 4.69) is 20.8 Å². The zero-order valence-corrected chi connectivity index (χ0v) is 20.2. The maximum Gasteiger partial charge on any atom is 0.251 e. The van der Waals surface area contributed by atoms with Gasteiger partial charge in [-0.3, -0.25) is 9.59 Å². The Labute approximate surface area is 200 Å². The summed E-state index contributed by atoms with van der Waals surface area (Å²) in [6, 6.07) is 11.9. The molecule has 0 fully saturated rings. The number of nitrogens with one attached hydrogen (secondary N) is 2. The first-order valence-electron chi connectivity index (χ1n) is 9.96. The quantitative estimate of drug-likeness (QED) is 0.426. The van der Waals surface area contributed by atoms with E-state index < -0.39 is 0 Å². The molecule has 0 radical (unpaired) electrons. The van der Waals surface area contributed by atoms with Gasteiger partial charge in [-0.25, -0.2) is 0 Å². The van der Waals surface area contributed by atoms with Crippen molar-refractivity contribution in [2.24, 2.45) is 0 Å². The third kappa shape index (κ3) is 6.03. The van der Waals surface area contributed by atoms with Crippen LogP contribution >= 0.6 is 35.0 Å². The Balaban J connectivity index is 1.62. The second-order valence-corrected chi connectivity index (χ2v) is 8.89. The second kappa shape index (κ2) is 10.8. The number of rotatable bonds is 8. The Bertz CT molecular complexity index is 1120. The lowest BCUT2D eigenvalue weighted by Gasteiger charge is -2.15. The number of aryl methyl sites for hydroxylation is 1. The lowest BCUT2D eigenvalue weighted by molar-refractivity contribution is -0.113. The van der Waals surface area contributed by atoms with Crippen molar-refractivity contribution in [1.82, 2.24) is 20.1 Å². The minimum absolute atomic E-state index is 0.126. The third-order valence-electron chi connectivity index (χ3n) is 4.65. The molecular weight excluding hydrogens is 469 g/mol. The fourth-order valence-electron chi connectivity index (χ4n) is 2.98. The molecule has 0 aliphatic carbocycles. The molecule has 2 N–H and O–H groups in total. The van der Waals surface area contributed by atoms with Gasteiger partial charge in [0.1, 0.15) is 0 Å². The molecule has 0 aliphatic rings. The number of aromatic nitrogens is 3. The fraction of sp³-hybridized carbons (Fsp3) is 0.273. The van der Waals surface area contributed by atoms with Crippen molar-refractivity contribution in [3.05, 3.63) is 69.5 Å². The first-order chi connectivity index (χ1) is 15.3. The van der Waals surface area contributed by atoms with Crippen molar-refractivity contribution in [3.63, 3.8) is 0 Å². The van der Waals surface area contributed by atoms with Crippen LogP contribution in [0.3, 0.4) is 0 Å². The van der Waals surface area contributed by atoms with Crippen LogP contribution in [0.5, 0.6) is 0 Å². The lowest BCUT2D eigenvalue weighted by atomic mass is 10.1. The van der Waals surface area contributed by atoms with Crippen molar-refractivity contribution >= 4 is 52.5 Å². The predicted octanol–water partition coefficient (Wildman–Crippen LogP) is 5.14. The van der Waals surface area contributed by atoms with Gasteiger partial charge in [0.15, 0.2) is 11.0 Å². The standard InChI is InChI=1S/C22H23Cl2N5O2S/c1-4-29-20(14(3)25-21(31)15-7-5-13(2)6-8-15)27-28-22(29)32-12-19(30)26-18-10-9-16(23)11-17(18)24/h5-11,14H,4,12H2,1-3H3,(H,25,31)(H,26,30)/t14-/m0/s1. The van der Waals surface area contributed by atoms with Crippen LogP contribution in [0, 0.1) is 6.92 Å². The number of thioether (sulfide) groups is 1. The molecule has 1 aromatic heterocycles. The molecule has 168 valence electrons. The molecule has 2 aromatic carbocycles. The highest BCUT2D eigenvalue weighted by atomic mass is 35.5. The van der Waals surface area contributed by atoms with Gasteiger partial charge in [-0.15, -0.1) is 10.2 Å². The fourth-order valence-corrected chi connectivity index (χ4v) is 4.25. The average molecular weight is 492 g/mol. The summed E-state index contributed by atoms with van der Waals surface area (Å²) in [5.74, 6) is 0.335. The summed E-state index contributed by atoms with van der Waals surface area (Å²) in [6.07, 6.45) is 0. The van der Waals surface area contributed by atoms with E-state index in [0.717, 1.165) is 5.56 Å². The largest absolute Gasteiger partial charge is 0.342 e. The van der Waals surface area contributed by atoms with Gasteiger partial charge in [-0.1, -0.05) is 52.7 Å². The molecule has 1 heterocycles. The minimum Gasteiger partial charge on any atom is -0.342 e. The van der Waals surface area contributed by atoms with E-state index in [1.807, 2.05) is 37.5 Å². The third-order valence-corrected chi connectivity index (χ3v) is 6.16. The molecule has 0 unspecified atom stereocenters. The van der Waals surface area contributed by atoms with Gasteiger partial charge < -0.3 is 15.2 Å². The van der Waals surface area contributed by atoms with E-state index in [1.165, 1.54) is 11.8 Å². The molecular formula is C22H23Cl2N5O2S. The Kier molecular flexibility index (Phi) is 8.17. The molecule has 3 aromatic rings. The van der Waals surface area contributed by atoms with Crippen molar-refractivity contribution in [2.75, 3.05) is 11.1 Å². The summed E-state index contributed by atoms with van der Waals surface area (Å²) in [6.45, 7) is 6.38. The summed E-state index contributed by atoms with van der Waals surface area (Å²) in [4.78, 5) is 24.9. The molecule has 1 atom stereocenters. The minimum atomic E-state index is -0.354. The van der Waals surface area contributed by atoms with Crippen LogP contribution in [0.1, 0.15) is 41.6 Å². The van der Waals surface area contributed by atoms with E-state index in [0.29, 0.717) is 38.8 Å². The Hall–Kier alpha value is -2.55. The number of carbonyl (C=O) groups excluding carboxylic acids is 2. The molecule has 3 rings (SSSR count). The summed E-state index contributed by atoms with van der Waals surface area (Å²) < 4.78 is 1.88. The number of hydrogen-bond donors (Lipinski definition) is 2. The normalized spacial score (nSPS) is 11.8. The van der Waals surface area contributed by atoms with Crippen LogP contribution in [0.4, 0.5) is 5.69 Å². The first kappa shape index (κ1) is 24.1. The highest BCUT2D eigenvalue weighted by molar-refractivity contribution is 7.99. The highest BCUT2D eigenvalue weighted by Gasteiger charge is 2.20. The van der Waals surface area contributed by atoms with E-state index in [4.69, 9.17) is 23.2 Å². The van der Waals surface area contributed by atoms with Crippen molar-refractivity contribution < 1.29 is 9.59 Å². The van der Waals surface area contributed by atoms with Gasteiger partial charge >= 0.3 is 0 Å². The SMILES string of the molecule is CCn1c(SCC(=O)Nc2ccc(Cl)cc2Cl)nnc1[C@H](C)NC(=O)c1ccc(C)cc1. The molecule has 0 bridgehead atoms. The van der Waals surface area contributed by atoms with Crippen molar-refractivity contribution in [1.29, 1.82) is 0 Å². The van der Waals surface area contributed by atoms with Crippen molar-refractivity contribution in [3.8, 4) is 0 Å². The van der Waals surface area contributed by atoms with E-state index in [-0.39, 0.29) is 23.6 Å². The van der Waals surface area contributed by atoms with Crippen LogP contribution in [-0.2, 0) is 11.3 Å². The summed E-state index contributed by atoms with van der Waals surface area (Å²) in [7, 11) is 0. The van der Waals surface area contributed by atoms with Crippen LogP contribution < -0.4 is 10.6 Å². The van der Waals surface area contributed by atoms with Crippen molar-refractivity contribution in [2.45, 2.75) is 38.5 Å². The van der Waals surface area contributed by atoms with Crippen LogP contribution in [0.2, 0.25) is 10.0 Å². The summed E-state index contributed by atoms with van der Waals surface area (Å²) in [5.41, 5.74) is 2.16. The van der Waals surface area contributed by atoms with E-state index >= 15 is 0 Å². The number of benzene rings is 2. The second-order valence-electron chi connectivity index (χ2n) is 7.11. The number of halogens is 2. The monoisotopic (exact) mass is 491 g/mol. The molecule has 0 saturated heterocycles. The highest BCUT2D eigenvalue weighted by Crippen LogP contribution is 2.26. The van der Waals surface area contributed by atoms with Gasteiger partial charge in [0, 0.05) is 17.1 Å². The average Bonchev–Trinajstić information content (AvgIpc) is 3.17. The number of amides is 2. The van der Waals surface area contributed by atoms with Gasteiger partial charge in [0.2, 0.25) is 5.91 Å². The molecule has 0 saturated carbocycles. The molecule has 32 heavy (non-hydrogen) atoms. The van der Waals surface area contributed by atoms with E-state index in [1.54, 1.807) is 30.3 Å². The Morgan fingerprint density at radius 1 is 1.12 bits per heavy atom. The summed E-state index contributed by atoms with van der Waals surface area (Å²) >= 11 is 13.2. The number of carbonyl (C=O) groups is 2. The zero-order valence-electron chi connectivity index (χ0n) is 17.9. The molecule has 2 amide bonds. The smallest absolute Gasteiger partial charge is 0.251 e. The van der Waals surface area contributed by atoms with Gasteiger partial charge in [-0.05, 0) is 51.1 Å². The van der Waals surface area contributed by atoms with Crippen LogP contribution in [0.15, 0.2) is 47.6 Å². The van der Waals surface area contributed by atoms with Gasteiger partial charge in [0.25, 0.3) is 5.91 Å². The maximum atomic E-state index is 12.5. The van der Waals surface area contributed by atoms with E-state index in [9.17, 15) is 9.59 Å². The van der Waals surface area contributed by atoms with Gasteiger partial charge in [0.05, 0.1) is 22.5 Å². The van der Waals surface area contributed by atoms with Gasteiger partial charge in [-0.2, -0.15) is 0 Å². The summed E-state index contributed by atoms with van der Waals surface area (Å²) in [5, 5.41) is 15.6. The topological polar surface area (TPSA) is 88.9 Å². The first-order valence-corrected chi connectivity index (χ1v) is 11.7. The zero-order chi connectivity index (χ0) is 23.3. The molecule has 0 spiro atoms. The van der Waals surface area contributed by atoms with Crippen LogP contribution in [0.25, 0.3) is 0 Å². The predicted molar refractivity (Wildman–Crippen MR) is 129 cm³/mol. The molecule has 7 nitrogen and oxygen atoms in total. The molecule has 0 aliphatic heterocycles. The van der Waals surface area contributed by atoms with Crippen LogP contribution in [-0.4, -0.2) is 32.3 Å². The maximum absolute atomic E-state index is 12.5. The lowest BCUT2D eigenvalue weighted by Crippen LogP contribution is -2.28. The number of anilines is 1. The molecule has 10 heteroatoms. The Morgan fingerprint density at radius 2 is 1.84 bits per heavy atom. The Morgan fingerprint density at radius 3 is 2.50 bits per heavy atom.